The molecule has 0 amide bonds. The van der Waals surface area contributed by atoms with E-state index in [9.17, 15) is 0 Å². The van der Waals surface area contributed by atoms with Gasteiger partial charge in [-0.3, -0.25) is 5.43 Å². The molecule has 0 aromatic carbocycles. The lowest BCUT2D eigenvalue weighted by Gasteiger charge is -2.26. The maximum atomic E-state index is 4.31. The normalized spacial score (nSPS) is 24.2. The molecule has 2 aliphatic heterocycles. The van der Waals surface area contributed by atoms with Crippen molar-refractivity contribution in [2.75, 3.05) is 0 Å². The number of hydrogen-bond donors (Lipinski definition) is 1. The van der Waals surface area contributed by atoms with Crippen LogP contribution < -0.4 is 5.43 Å². The van der Waals surface area contributed by atoms with E-state index >= 15 is 0 Å². The van der Waals surface area contributed by atoms with E-state index in [0.29, 0.717) is 5.92 Å². The fourth-order valence-electron chi connectivity index (χ4n) is 1.63. The van der Waals surface area contributed by atoms with Crippen molar-refractivity contribution in [3.05, 3.63) is 36.6 Å². The van der Waals surface area contributed by atoms with Crippen LogP contribution >= 0.6 is 0 Å². The molecule has 1 unspecified atom stereocenters. The summed E-state index contributed by atoms with van der Waals surface area (Å²) in [6, 6.07) is 0. The van der Waals surface area contributed by atoms with Gasteiger partial charge in [-0.1, -0.05) is 32.6 Å². The molecule has 3 nitrogen and oxygen atoms in total. The van der Waals surface area contributed by atoms with E-state index < -0.39 is 0 Å². The lowest BCUT2D eigenvalue weighted by molar-refractivity contribution is 0.432. The molecular formula is C11H15N3. The van der Waals surface area contributed by atoms with Crippen LogP contribution in [0.4, 0.5) is 0 Å². The van der Waals surface area contributed by atoms with Gasteiger partial charge in [-0.15, -0.1) is 0 Å². The predicted octanol–water partition coefficient (Wildman–Crippen LogP) is 1.83. The number of nitrogens with one attached hydrogen (secondary N) is 1. The van der Waals surface area contributed by atoms with Crippen LogP contribution in [0.1, 0.15) is 13.8 Å². The van der Waals surface area contributed by atoms with Gasteiger partial charge in [-0.05, 0) is 11.6 Å². The average molecular weight is 189 g/mol. The molecule has 0 bridgehead atoms. The van der Waals surface area contributed by atoms with Gasteiger partial charge in [-0.25, -0.2) is 0 Å². The lowest BCUT2D eigenvalue weighted by atomic mass is 10.1. The molecule has 2 rings (SSSR count). The van der Waals surface area contributed by atoms with E-state index in [2.05, 4.69) is 54.2 Å². The second kappa shape index (κ2) is 3.33. The molecule has 1 N–H and O–H groups in total. The zero-order chi connectivity index (χ0) is 10.1. The zero-order valence-electron chi connectivity index (χ0n) is 8.57. The van der Waals surface area contributed by atoms with Crippen molar-refractivity contribution in [1.29, 1.82) is 0 Å². The minimum Gasteiger partial charge on any atom is -0.308 e. The van der Waals surface area contributed by atoms with Gasteiger partial charge >= 0.3 is 0 Å². The van der Waals surface area contributed by atoms with E-state index in [-0.39, 0.29) is 6.17 Å². The Kier molecular flexibility index (Phi) is 2.15. The third-order valence-corrected chi connectivity index (χ3v) is 2.39. The Hall–Kier alpha value is -1.51. The number of fused-ring (bicyclic) bond motifs is 1. The molecule has 0 saturated heterocycles. The molecule has 2 heterocycles. The fourth-order valence-corrected chi connectivity index (χ4v) is 1.63. The first kappa shape index (κ1) is 9.06. The van der Waals surface area contributed by atoms with Gasteiger partial charge < -0.3 is 4.90 Å². The Labute approximate surface area is 84.5 Å². The SMILES string of the molecule is C=CC1=CN2C(C(C)C)=NNC2C=C1. The minimum absolute atomic E-state index is 0.191. The molecule has 74 valence electrons. The van der Waals surface area contributed by atoms with Gasteiger partial charge in [0.2, 0.25) is 0 Å². The third kappa shape index (κ3) is 1.35. The number of hydrogen-bond acceptors (Lipinski definition) is 3. The molecule has 2 aliphatic rings. The number of rotatable bonds is 2. The van der Waals surface area contributed by atoms with Crippen LogP contribution in [0, 0.1) is 5.92 Å². The largest absolute Gasteiger partial charge is 0.308 e. The van der Waals surface area contributed by atoms with Crippen LogP contribution in [-0.2, 0) is 0 Å². The number of hydrazone groups is 1. The third-order valence-electron chi connectivity index (χ3n) is 2.39. The van der Waals surface area contributed by atoms with Crippen molar-refractivity contribution in [1.82, 2.24) is 10.3 Å². The van der Waals surface area contributed by atoms with Gasteiger partial charge in [0, 0.05) is 12.1 Å². The molecular weight excluding hydrogens is 174 g/mol. The highest BCUT2D eigenvalue weighted by molar-refractivity contribution is 5.87. The molecule has 0 saturated carbocycles. The summed E-state index contributed by atoms with van der Waals surface area (Å²) in [7, 11) is 0. The summed E-state index contributed by atoms with van der Waals surface area (Å²) >= 11 is 0. The average Bonchev–Trinajstić information content (AvgIpc) is 2.59. The number of allylic oxidation sites excluding steroid dienone is 3. The lowest BCUT2D eigenvalue weighted by Crippen LogP contribution is -2.37. The Morgan fingerprint density at radius 3 is 3.07 bits per heavy atom. The van der Waals surface area contributed by atoms with Crippen molar-refractivity contribution in [2.45, 2.75) is 20.0 Å². The van der Waals surface area contributed by atoms with Crippen LogP contribution in [0.15, 0.2) is 41.7 Å². The van der Waals surface area contributed by atoms with Gasteiger partial charge in [0.15, 0.2) is 0 Å². The minimum atomic E-state index is 0.191. The first-order chi connectivity index (χ1) is 6.72. The Balaban J connectivity index is 2.26. The fraction of sp³-hybridized carbons (Fsp3) is 0.364. The maximum absolute atomic E-state index is 4.31. The highest BCUT2D eigenvalue weighted by Crippen LogP contribution is 2.20. The smallest absolute Gasteiger partial charge is 0.139 e. The Bertz CT molecular complexity index is 336. The van der Waals surface area contributed by atoms with Crippen LogP contribution in [0.2, 0.25) is 0 Å². The van der Waals surface area contributed by atoms with Crippen molar-refractivity contribution >= 4 is 5.84 Å². The Morgan fingerprint density at radius 2 is 2.43 bits per heavy atom. The summed E-state index contributed by atoms with van der Waals surface area (Å²) in [6.07, 6.45) is 8.27. The van der Waals surface area contributed by atoms with Crippen molar-refractivity contribution < 1.29 is 0 Å². The van der Waals surface area contributed by atoms with Crippen molar-refractivity contribution in [3.63, 3.8) is 0 Å². The molecule has 14 heavy (non-hydrogen) atoms. The molecule has 0 spiro atoms. The second-order valence-electron chi connectivity index (χ2n) is 3.80. The van der Waals surface area contributed by atoms with E-state index in [1.807, 2.05) is 6.08 Å². The Morgan fingerprint density at radius 1 is 1.64 bits per heavy atom. The summed E-state index contributed by atoms with van der Waals surface area (Å²) in [5.41, 5.74) is 4.21. The van der Waals surface area contributed by atoms with Crippen LogP contribution in [0.3, 0.4) is 0 Å². The predicted molar refractivity (Wildman–Crippen MR) is 58.5 cm³/mol. The first-order valence-corrected chi connectivity index (χ1v) is 4.86. The van der Waals surface area contributed by atoms with Crippen LogP contribution in [0.5, 0.6) is 0 Å². The maximum Gasteiger partial charge on any atom is 0.139 e. The number of amidine groups is 1. The molecule has 0 fully saturated rings. The molecule has 1 atom stereocenters. The topological polar surface area (TPSA) is 27.6 Å². The quantitative estimate of drug-likeness (QED) is 0.717. The highest BCUT2D eigenvalue weighted by Gasteiger charge is 2.27. The summed E-state index contributed by atoms with van der Waals surface area (Å²) in [5.74, 6) is 1.51. The monoisotopic (exact) mass is 189 g/mol. The van der Waals surface area contributed by atoms with Crippen LogP contribution in [0.25, 0.3) is 0 Å². The highest BCUT2D eigenvalue weighted by atomic mass is 15.5. The molecule has 0 aromatic heterocycles. The van der Waals surface area contributed by atoms with Crippen LogP contribution in [-0.4, -0.2) is 16.9 Å². The summed E-state index contributed by atoms with van der Waals surface area (Å²) in [4.78, 5) is 2.15. The zero-order valence-corrected chi connectivity index (χ0v) is 8.57. The van der Waals surface area contributed by atoms with Gasteiger partial charge in [-0.2, -0.15) is 5.10 Å². The van der Waals surface area contributed by atoms with Gasteiger partial charge in [0.05, 0.1) is 0 Å². The van der Waals surface area contributed by atoms with Gasteiger partial charge in [0.1, 0.15) is 12.0 Å². The second-order valence-corrected chi connectivity index (χ2v) is 3.80. The van der Waals surface area contributed by atoms with E-state index in [0.717, 1.165) is 11.4 Å². The van der Waals surface area contributed by atoms with E-state index in [1.54, 1.807) is 0 Å². The van der Waals surface area contributed by atoms with Gasteiger partial charge in [0.25, 0.3) is 0 Å². The first-order valence-electron chi connectivity index (χ1n) is 4.86. The molecule has 0 radical (unpaired) electrons. The molecule has 3 heteroatoms. The van der Waals surface area contributed by atoms with Crippen molar-refractivity contribution in [2.24, 2.45) is 11.0 Å². The standard InChI is InChI=1S/C11H15N3/c1-4-9-5-6-10-12-13-11(8(2)3)14(10)7-9/h4-8,10,12H,1H2,2-3H3. The summed E-state index contributed by atoms with van der Waals surface area (Å²) in [6.45, 7) is 8.04. The molecule has 0 aliphatic carbocycles. The number of nitrogens with zero attached hydrogens (tertiary/aromatic N) is 2. The van der Waals surface area contributed by atoms with Crippen molar-refractivity contribution in [3.8, 4) is 0 Å². The molecule has 0 aromatic rings. The van der Waals surface area contributed by atoms with E-state index in [1.165, 1.54) is 0 Å². The van der Waals surface area contributed by atoms with E-state index in [4.69, 9.17) is 0 Å². The summed E-state index contributed by atoms with van der Waals surface area (Å²) < 4.78 is 0. The summed E-state index contributed by atoms with van der Waals surface area (Å²) in [5, 5.41) is 4.31.